The van der Waals surface area contributed by atoms with Crippen LogP contribution in [-0.2, 0) is 20.8 Å². The van der Waals surface area contributed by atoms with E-state index in [2.05, 4.69) is 5.32 Å². The third kappa shape index (κ3) is 3.19. The molecule has 7 heteroatoms. The minimum atomic E-state index is -1.25. The minimum Gasteiger partial charge on any atom is -0.480 e. The Kier molecular flexibility index (Phi) is 5.27. The molecule has 2 atom stereocenters. The van der Waals surface area contributed by atoms with E-state index in [-0.39, 0.29) is 24.9 Å². The number of aliphatic carboxylic acids is 2. The van der Waals surface area contributed by atoms with Crippen molar-refractivity contribution in [2.24, 2.45) is 0 Å². The average Bonchev–Trinajstić information content (AvgIpc) is 3.07. The van der Waals surface area contributed by atoms with Crippen molar-refractivity contribution >= 4 is 17.8 Å². The quantitative estimate of drug-likeness (QED) is 0.704. The molecule has 1 aliphatic carbocycles. The summed E-state index contributed by atoms with van der Waals surface area (Å²) in [4.78, 5) is 37.2. The van der Waals surface area contributed by atoms with Gasteiger partial charge in [0.1, 0.15) is 5.54 Å². The van der Waals surface area contributed by atoms with Crippen molar-refractivity contribution in [2.75, 3.05) is 19.6 Å². The van der Waals surface area contributed by atoms with Gasteiger partial charge >= 0.3 is 11.9 Å². The van der Waals surface area contributed by atoms with Crippen molar-refractivity contribution < 1.29 is 24.6 Å². The standard InChI is InChI=1S/C19H24N2O5/c22-16(11-20-12-17(23)24)21-10-4-9-19(21,18(25)26)15-8-3-6-13-5-1-2-7-14(13)15/h1-2,5,7,15,20H,3-4,6,8-12H2,(H,23,24)(H,25,26)/t15?,19-/m1/s1. The molecule has 0 bridgehead atoms. The highest BCUT2D eigenvalue weighted by atomic mass is 16.4. The second-order valence-electron chi connectivity index (χ2n) is 7.02. The molecule has 1 aliphatic heterocycles. The Bertz CT molecular complexity index is 720. The summed E-state index contributed by atoms with van der Waals surface area (Å²) in [6.07, 6.45) is 3.61. The lowest BCUT2D eigenvalue weighted by atomic mass is 9.70. The first-order valence-corrected chi connectivity index (χ1v) is 9.01. The number of aryl methyl sites for hydroxylation is 1. The van der Waals surface area contributed by atoms with Crippen molar-refractivity contribution in [2.45, 2.75) is 43.6 Å². The lowest BCUT2D eigenvalue weighted by molar-refractivity contribution is -0.158. The summed E-state index contributed by atoms with van der Waals surface area (Å²) in [5.74, 6) is -2.61. The summed E-state index contributed by atoms with van der Waals surface area (Å²) in [5, 5.41) is 21.5. The van der Waals surface area contributed by atoms with Crippen LogP contribution in [-0.4, -0.2) is 58.1 Å². The van der Waals surface area contributed by atoms with Gasteiger partial charge < -0.3 is 15.1 Å². The van der Waals surface area contributed by atoms with Gasteiger partial charge in [0, 0.05) is 12.5 Å². The van der Waals surface area contributed by atoms with Gasteiger partial charge in [0.2, 0.25) is 5.91 Å². The number of carboxylic acids is 2. The Hall–Kier alpha value is -2.41. The number of rotatable bonds is 6. The number of carbonyl (C=O) groups excluding carboxylic acids is 1. The number of nitrogens with one attached hydrogen (secondary N) is 1. The lowest BCUT2D eigenvalue weighted by Crippen LogP contribution is -2.59. The average molecular weight is 360 g/mol. The number of carboxylic acid groups (broad SMARTS) is 2. The van der Waals surface area contributed by atoms with Crippen LogP contribution in [0.4, 0.5) is 0 Å². The molecule has 0 radical (unpaired) electrons. The van der Waals surface area contributed by atoms with E-state index >= 15 is 0 Å². The fourth-order valence-corrected chi connectivity index (χ4v) is 4.54. The largest absolute Gasteiger partial charge is 0.480 e. The van der Waals surface area contributed by atoms with Crippen LogP contribution in [0.25, 0.3) is 0 Å². The maximum Gasteiger partial charge on any atom is 0.330 e. The first-order chi connectivity index (χ1) is 12.5. The van der Waals surface area contributed by atoms with Crippen molar-refractivity contribution in [3.63, 3.8) is 0 Å². The number of benzene rings is 1. The van der Waals surface area contributed by atoms with E-state index in [1.54, 1.807) is 0 Å². The van der Waals surface area contributed by atoms with Crippen LogP contribution >= 0.6 is 0 Å². The van der Waals surface area contributed by atoms with Crippen molar-refractivity contribution in [1.82, 2.24) is 10.2 Å². The molecule has 7 nitrogen and oxygen atoms in total. The van der Waals surface area contributed by atoms with Crippen molar-refractivity contribution in [3.8, 4) is 0 Å². The van der Waals surface area contributed by atoms with Gasteiger partial charge in [-0.25, -0.2) is 4.79 Å². The van der Waals surface area contributed by atoms with Crippen LogP contribution in [0, 0.1) is 0 Å². The lowest BCUT2D eigenvalue weighted by Gasteiger charge is -2.43. The van der Waals surface area contributed by atoms with Gasteiger partial charge in [-0.1, -0.05) is 24.3 Å². The highest BCUT2D eigenvalue weighted by Crippen LogP contribution is 2.47. The van der Waals surface area contributed by atoms with Gasteiger partial charge in [-0.3, -0.25) is 14.9 Å². The smallest absolute Gasteiger partial charge is 0.330 e. The molecular weight excluding hydrogens is 336 g/mol. The molecule has 0 spiro atoms. The van der Waals surface area contributed by atoms with Crippen LogP contribution in [0.1, 0.15) is 42.7 Å². The molecule has 2 aliphatic rings. The summed E-state index contributed by atoms with van der Waals surface area (Å²) in [5.41, 5.74) is 0.936. The zero-order valence-electron chi connectivity index (χ0n) is 14.6. The molecule has 1 aromatic carbocycles. The van der Waals surface area contributed by atoms with E-state index in [4.69, 9.17) is 5.11 Å². The molecule has 1 unspecified atom stereocenters. The van der Waals surface area contributed by atoms with Gasteiger partial charge in [0.15, 0.2) is 0 Å². The first kappa shape index (κ1) is 18.4. The van der Waals surface area contributed by atoms with Crippen LogP contribution in [0.2, 0.25) is 0 Å². The molecule has 1 saturated heterocycles. The second kappa shape index (κ2) is 7.45. The van der Waals surface area contributed by atoms with Crippen LogP contribution in [0.3, 0.4) is 0 Å². The molecule has 1 fully saturated rings. The predicted molar refractivity (Wildman–Crippen MR) is 93.9 cm³/mol. The fraction of sp³-hybridized carbons (Fsp3) is 0.526. The Balaban J connectivity index is 1.91. The van der Waals surface area contributed by atoms with Crippen LogP contribution < -0.4 is 5.32 Å². The summed E-state index contributed by atoms with van der Waals surface area (Å²) in [6.45, 7) is -0.111. The fourth-order valence-electron chi connectivity index (χ4n) is 4.54. The van der Waals surface area contributed by atoms with Gasteiger partial charge in [-0.15, -0.1) is 0 Å². The van der Waals surface area contributed by atoms with E-state index < -0.39 is 17.5 Å². The maximum atomic E-state index is 12.7. The zero-order chi connectivity index (χ0) is 18.7. The molecule has 0 saturated carbocycles. The molecule has 3 rings (SSSR count). The highest BCUT2D eigenvalue weighted by Gasteiger charge is 2.55. The number of nitrogens with zero attached hydrogens (tertiary/aromatic N) is 1. The van der Waals surface area contributed by atoms with Gasteiger partial charge in [0.05, 0.1) is 13.1 Å². The van der Waals surface area contributed by atoms with E-state index in [0.29, 0.717) is 19.4 Å². The zero-order valence-corrected chi connectivity index (χ0v) is 14.6. The first-order valence-electron chi connectivity index (χ1n) is 9.01. The van der Waals surface area contributed by atoms with Crippen molar-refractivity contribution in [3.05, 3.63) is 35.4 Å². The molecule has 1 heterocycles. The van der Waals surface area contributed by atoms with E-state index in [1.165, 1.54) is 4.90 Å². The van der Waals surface area contributed by atoms with Gasteiger partial charge in [-0.05, 0) is 43.2 Å². The third-order valence-electron chi connectivity index (χ3n) is 5.59. The van der Waals surface area contributed by atoms with Crippen LogP contribution in [0.5, 0.6) is 0 Å². The number of likely N-dealkylation sites (tertiary alicyclic amines) is 1. The van der Waals surface area contributed by atoms with E-state index in [0.717, 1.165) is 30.4 Å². The summed E-state index contributed by atoms with van der Waals surface area (Å²) >= 11 is 0. The predicted octanol–water partition coefficient (Wildman–Crippen LogP) is 1.23. The van der Waals surface area contributed by atoms with Gasteiger partial charge in [0.25, 0.3) is 0 Å². The van der Waals surface area contributed by atoms with E-state index in [9.17, 15) is 19.5 Å². The molecule has 1 amide bonds. The Labute approximate surface area is 152 Å². The number of hydrogen-bond acceptors (Lipinski definition) is 4. The molecule has 0 aromatic heterocycles. The number of fused-ring (bicyclic) bond motifs is 1. The molecule has 26 heavy (non-hydrogen) atoms. The normalized spacial score (nSPS) is 24.9. The summed E-state index contributed by atoms with van der Waals surface area (Å²) < 4.78 is 0. The molecule has 1 aromatic rings. The number of hydrogen-bond donors (Lipinski definition) is 3. The highest BCUT2D eigenvalue weighted by molar-refractivity contribution is 5.90. The summed E-state index contributed by atoms with van der Waals surface area (Å²) in [6, 6.07) is 7.89. The molecule has 140 valence electrons. The molecule has 3 N–H and O–H groups in total. The number of carbonyl (C=O) groups is 3. The second-order valence-corrected chi connectivity index (χ2v) is 7.02. The Morgan fingerprint density at radius 2 is 1.92 bits per heavy atom. The molecular formula is C19H24N2O5. The summed E-state index contributed by atoms with van der Waals surface area (Å²) in [7, 11) is 0. The Morgan fingerprint density at radius 1 is 1.15 bits per heavy atom. The van der Waals surface area contributed by atoms with Crippen molar-refractivity contribution in [1.29, 1.82) is 0 Å². The topological polar surface area (TPSA) is 107 Å². The van der Waals surface area contributed by atoms with E-state index in [1.807, 2.05) is 24.3 Å². The van der Waals surface area contributed by atoms with Gasteiger partial charge in [-0.2, -0.15) is 0 Å². The monoisotopic (exact) mass is 360 g/mol. The third-order valence-corrected chi connectivity index (χ3v) is 5.59. The minimum absolute atomic E-state index is 0.171. The number of amides is 1. The SMILES string of the molecule is O=C(O)CNCC(=O)N1CCC[C@]1(C(=O)O)C1CCCc2ccccc21. The van der Waals surface area contributed by atoms with Crippen LogP contribution in [0.15, 0.2) is 24.3 Å². The Morgan fingerprint density at radius 3 is 2.65 bits per heavy atom. The maximum absolute atomic E-state index is 12.7.